The first-order chi connectivity index (χ1) is 5.99. The van der Waals surface area contributed by atoms with E-state index in [9.17, 15) is 5.11 Å². The van der Waals surface area contributed by atoms with Gasteiger partial charge in [0, 0.05) is 0 Å². The zero-order valence-corrected chi connectivity index (χ0v) is 8.62. The molecule has 1 N–H and O–H groups in total. The lowest BCUT2D eigenvalue weighted by atomic mass is 9.87. The maximum atomic E-state index is 9.86. The van der Waals surface area contributed by atoms with Gasteiger partial charge in [0.05, 0.1) is 6.10 Å². The summed E-state index contributed by atoms with van der Waals surface area (Å²) in [7, 11) is 0. The van der Waals surface area contributed by atoms with Crippen LogP contribution in [0.5, 0.6) is 0 Å². The Morgan fingerprint density at radius 1 is 1.15 bits per heavy atom. The SMILES string of the molecule is CC(C)(C)C[C@H](O)c1ccccc1. The molecule has 13 heavy (non-hydrogen) atoms. The van der Waals surface area contributed by atoms with Gasteiger partial charge in [0.15, 0.2) is 0 Å². The first-order valence-electron chi connectivity index (χ1n) is 4.72. The van der Waals surface area contributed by atoms with E-state index in [-0.39, 0.29) is 11.5 Å². The van der Waals surface area contributed by atoms with Crippen LogP contribution in [0.3, 0.4) is 0 Å². The molecule has 0 unspecified atom stereocenters. The van der Waals surface area contributed by atoms with Gasteiger partial charge in [-0.1, -0.05) is 51.1 Å². The molecule has 0 aliphatic carbocycles. The molecule has 0 saturated heterocycles. The summed E-state index contributed by atoms with van der Waals surface area (Å²) >= 11 is 0. The minimum Gasteiger partial charge on any atom is -0.388 e. The van der Waals surface area contributed by atoms with Gasteiger partial charge in [-0.2, -0.15) is 0 Å². The Morgan fingerprint density at radius 3 is 2.15 bits per heavy atom. The highest BCUT2D eigenvalue weighted by Gasteiger charge is 2.17. The van der Waals surface area contributed by atoms with Crippen molar-refractivity contribution >= 4 is 0 Å². The van der Waals surface area contributed by atoms with Crippen molar-refractivity contribution in [3.63, 3.8) is 0 Å². The predicted molar refractivity (Wildman–Crippen MR) is 55.5 cm³/mol. The van der Waals surface area contributed by atoms with Crippen LogP contribution in [0.2, 0.25) is 0 Å². The average molecular weight is 178 g/mol. The molecule has 0 fully saturated rings. The quantitative estimate of drug-likeness (QED) is 0.737. The van der Waals surface area contributed by atoms with Gasteiger partial charge < -0.3 is 5.11 Å². The molecule has 1 aromatic rings. The normalized spacial score (nSPS) is 14.2. The van der Waals surface area contributed by atoms with E-state index in [1.807, 2.05) is 30.3 Å². The lowest BCUT2D eigenvalue weighted by Crippen LogP contribution is -2.11. The molecule has 0 heterocycles. The molecular formula is C12H18O. The number of aliphatic hydroxyl groups excluding tert-OH is 1. The van der Waals surface area contributed by atoms with Crippen molar-refractivity contribution in [2.45, 2.75) is 33.3 Å². The molecule has 0 aliphatic rings. The highest BCUT2D eigenvalue weighted by molar-refractivity contribution is 5.17. The fourth-order valence-electron chi connectivity index (χ4n) is 1.37. The van der Waals surface area contributed by atoms with Crippen molar-refractivity contribution in [1.29, 1.82) is 0 Å². The van der Waals surface area contributed by atoms with Crippen molar-refractivity contribution in [2.75, 3.05) is 0 Å². The number of hydrogen-bond donors (Lipinski definition) is 1. The van der Waals surface area contributed by atoms with Crippen LogP contribution in [0, 0.1) is 5.41 Å². The lowest BCUT2D eigenvalue weighted by Gasteiger charge is -2.22. The number of rotatable bonds is 2. The first kappa shape index (κ1) is 10.3. The second kappa shape index (κ2) is 3.93. The van der Waals surface area contributed by atoms with Crippen LogP contribution in [-0.4, -0.2) is 5.11 Å². The van der Waals surface area contributed by atoms with Gasteiger partial charge in [-0.05, 0) is 17.4 Å². The Morgan fingerprint density at radius 2 is 1.69 bits per heavy atom. The maximum absolute atomic E-state index is 9.86. The zero-order valence-electron chi connectivity index (χ0n) is 8.62. The van der Waals surface area contributed by atoms with E-state index in [1.54, 1.807) is 0 Å². The maximum Gasteiger partial charge on any atom is 0.0795 e. The highest BCUT2D eigenvalue weighted by atomic mass is 16.3. The largest absolute Gasteiger partial charge is 0.388 e. The van der Waals surface area contributed by atoms with E-state index in [0.717, 1.165) is 12.0 Å². The van der Waals surface area contributed by atoms with E-state index in [4.69, 9.17) is 0 Å². The van der Waals surface area contributed by atoms with Crippen molar-refractivity contribution in [3.8, 4) is 0 Å². The lowest BCUT2D eigenvalue weighted by molar-refractivity contribution is 0.122. The number of hydrogen-bond acceptors (Lipinski definition) is 1. The van der Waals surface area contributed by atoms with Crippen LogP contribution in [0.25, 0.3) is 0 Å². The molecular weight excluding hydrogens is 160 g/mol. The van der Waals surface area contributed by atoms with Crippen molar-refractivity contribution < 1.29 is 5.11 Å². The second-order valence-corrected chi connectivity index (χ2v) is 4.69. The summed E-state index contributed by atoms with van der Waals surface area (Å²) in [5.41, 5.74) is 1.19. The van der Waals surface area contributed by atoms with Crippen LogP contribution < -0.4 is 0 Å². The molecule has 0 radical (unpaired) electrons. The number of benzene rings is 1. The smallest absolute Gasteiger partial charge is 0.0795 e. The Hall–Kier alpha value is -0.820. The Kier molecular flexibility index (Phi) is 3.10. The van der Waals surface area contributed by atoms with E-state index in [2.05, 4.69) is 20.8 Å². The van der Waals surface area contributed by atoms with Crippen LogP contribution >= 0.6 is 0 Å². The number of aliphatic hydroxyl groups is 1. The summed E-state index contributed by atoms with van der Waals surface area (Å²) in [6.45, 7) is 6.41. The van der Waals surface area contributed by atoms with E-state index in [0.29, 0.717) is 0 Å². The molecule has 1 aromatic carbocycles. The molecule has 0 aromatic heterocycles. The highest BCUT2D eigenvalue weighted by Crippen LogP contribution is 2.28. The molecule has 0 spiro atoms. The van der Waals surface area contributed by atoms with Gasteiger partial charge in [0.2, 0.25) is 0 Å². The van der Waals surface area contributed by atoms with Gasteiger partial charge in [0.25, 0.3) is 0 Å². The predicted octanol–water partition coefficient (Wildman–Crippen LogP) is 3.16. The van der Waals surface area contributed by atoms with E-state index < -0.39 is 0 Å². The monoisotopic (exact) mass is 178 g/mol. The summed E-state index contributed by atoms with van der Waals surface area (Å²) in [6, 6.07) is 9.82. The third kappa shape index (κ3) is 3.60. The molecule has 1 rings (SSSR count). The van der Waals surface area contributed by atoms with Crippen LogP contribution in [0.1, 0.15) is 38.9 Å². The first-order valence-corrected chi connectivity index (χ1v) is 4.72. The van der Waals surface area contributed by atoms with Gasteiger partial charge in [0.1, 0.15) is 0 Å². The molecule has 1 atom stereocenters. The Balaban J connectivity index is 2.64. The molecule has 1 nitrogen and oxygen atoms in total. The topological polar surface area (TPSA) is 20.2 Å². The molecule has 0 saturated carbocycles. The molecule has 0 aliphatic heterocycles. The van der Waals surface area contributed by atoms with Gasteiger partial charge in [-0.25, -0.2) is 0 Å². The average Bonchev–Trinajstić information content (AvgIpc) is 2.03. The minimum atomic E-state index is -0.332. The van der Waals surface area contributed by atoms with E-state index >= 15 is 0 Å². The molecule has 72 valence electrons. The van der Waals surface area contributed by atoms with Crippen LogP contribution in [-0.2, 0) is 0 Å². The standard InChI is InChI=1S/C12H18O/c1-12(2,3)9-11(13)10-7-5-4-6-8-10/h4-8,11,13H,9H2,1-3H3/t11-/m0/s1. The Labute approximate surface area is 80.4 Å². The molecule has 1 heteroatoms. The van der Waals surface area contributed by atoms with Crippen molar-refractivity contribution in [3.05, 3.63) is 35.9 Å². The van der Waals surface area contributed by atoms with Crippen molar-refractivity contribution in [1.82, 2.24) is 0 Å². The summed E-state index contributed by atoms with van der Waals surface area (Å²) in [5.74, 6) is 0. The van der Waals surface area contributed by atoms with Gasteiger partial charge in [-0.3, -0.25) is 0 Å². The third-order valence-corrected chi connectivity index (χ3v) is 1.99. The van der Waals surface area contributed by atoms with Gasteiger partial charge >= 0.3 is 0 Å². The van der Waals surface area contributed by atoms with Crippen LogP contribution in [0.15, 0.2) is 30.3 Å². The Bertz CT molecular complexity index is 246. The molecule has 0 bridgehead atoms. The van der Waals surface area contributed by atoms with Crippen molar-refractivity contribution in [2.24, 2.45) is 5.41 Å². The summed E-state index contributed by atoms with van der Waals surface area (Å²) < 4.78 is 0. The summed E-state index contributed by atoms with van der Waals surface area (Å²) in [5, 5.41) is 9.86. The fourth-order valence-corrected chi connectivity index (χ4v) is 1.37. The van der Waals surface area contributed by atoms with Crippen LogP contribution in [0.4, 0.5) is 0 Å². The minimum absolute atomic E-state index is 0.176. The van der Waals surface area contributed by atoms with Gasteiger partial charge in [-0.15, -0.1) is 0 Å². The van der Waals surface area contributed by atoms with E-state index in [1.165, 1.54) is 0 Å². The summed E-state index contributed by atoms with van der Waals surface area (Å²) in [6.07, 6.45) is 0.470. The third-order valence-electron chi connectivity index (χ3n) is 1.99. The second-order valence-electron chi connectivity index (χ2n) is 4.69. The zero-order chi connectivity index (χ0) is 9.90. The molecule has 0 amide bonds. The fraction of sp³-hybridized carbons (Fsp3) is 0.500. The summed E-state index contributed by atoms with van der Waals surface area (Å²) in [4.78, 5) is 0.